The summed E-state index contributed by atoms with van der Waals surface area (Å²) < 4.78 is 6.83. The Labute approximate surface area is 122 Å². The first kappa shape index (κ1) is 13.5. The Kier molecular flexibility index (Phi) is 3.33. The van der Waals surface area contributed by atoms with Gasteiger partial charge in [0.15, 0.2) is 5.43 Å². The average Bonchev–Trinajstić information content (AvgIpc) is 2.47. The number of carbonyl (C=O) groups excluding carboxylic acids is 1. The van der Waals surface area contributed by atoms with E-state index in [0.29, 0.717) is 0 Å². The standard InChI is InChI=1S/C16H16N2O3/c1-3-21-16(20)12-9-18-7-6-11-5-4-10(2)17-15(11)13(18)8-14(12)19/h4-5,8-9H,3,6-7H2,1-2H3. The molecule has 108 valence electrons. The Bertz CT molecular complexity index is 778. The van der Waals surface area contributed by atoms with Crippen molar-refractivity contribution in [1.82, 2.24) is 9.55 Å². The van der Waals surface area contributed by atoms with Crippen molar-refractivity contribution in [2.24, 2.45) is 0 Å². The summed E-state index contributed by atoms with van der Waals surface area (Å²) >= 11 is 0. The van der Waals surface area contributed by atoms with E-state index >= 15 is 0 Å². The van der Waals surface area contributed by atoms with Crippen molar-refractivity contribution in [1.29, 1.82) is 0 Å². The Morgan fingerprint density at radius 2 is 2.24 bits per heavy atom. The van der Waals surface area contributed by atoms with Gasteiger partial charge in [-0.3, -0.25) is 9.78 Å². The van der Waals surface area contributed by atoms with Crippen molar-refractivity contribution in [3.05, 3.63) is 51.4 Å². The molecular formula is C16H16N2O3. The van der Waals surface area contributed by atoms with Gasteiger partial charge in [-0.15, -0.1) is 0 Å². The predicted molar refractivity (Wildman–Crippen MR) is 78.3 cm³/mol. The molecule has 0 amide bonds. The van der Waals surface area contributed by atoms with E-state index in [-0.39, 0.29) is 17.6 Å². The number of nitrogens with zero attached hydrogens (tertiary/aromatic N) is 2. The molecule has 2 aromatic heterocycles. The molecule has 3 heterocycles. The first-order valence-corrected chi connectivity index (χ1v) is 6.98. The first-order chi connectivity index (χ1) is 10.1. The van der Waals surface area contributed by atoms with Crippen molar-refractivity contribution >= 4 is 5.97 Å². The van der Waals surface area contributed by atoms with E-state index in [9.17, 15) is 9.59 Å². The van der Waals surface area contributed by atoms with Crippen LogP contribution in [-0.4, -0.2) is 22.1 Å². The van der Waals surface area contributed by atoms with Crippen LogP contribution in [0.2, 0.25) is 0 Å². The summed E-state index contributed by atoms with van der Waals surface area (Å²) in [5.41, 5.74) is 3.38. The van der Waals surface area contributed by atoms with Crippen LogP contribution >= 0.6 is 0 Å². The maximum atomic E-state index is 12.2. The van der Waals surface area contributed by atoms with Crippen molar-refractivity contribution in [2.45, 2.75) is 26.8 Å². The molecule has 5 heteroatoms. The van der Waals surface area contributed by atoms with Gasteiger partial charge in [-0.25, -0.2) is 4.79 Å². The lowest BCUT2D eigenvalue weighted by atomic mass is 10.0. The lowest BCUT2D eigenvalue weighted by Crippen LogP contribution is -2.23. The molecule has 0 saturated heterocycles. The van der Waals surface area contributed by atoms with Gasteiger partial charge >= 0.3 is 5.97 Å². The summed E-state index contributed by atoms with van der Waals surface area (Å²) in [5.74, 6) is -0.569. The van der Waals surface area contributed by atoms with Crippen LogP contribution in [0.4, 0.5) is 0 Å². The molecule has 0 unspecified atom stereocenters. The molecule has 3 rings (SSSR count). The summed E-state index contributed by atoms with van der Waals surface area (Å²) in [4.78, 5) is 28.5. The van der Waals surface area contributed by atoms with Crippen LogP contribution in [0.25, 0.3) is 11.4 Å². The van der Waals surface area contributed by atoms with Gasteiger partial charge < -0.3 is 9.30 Å². The molecule has 0 aromatic carbocycles. The molecule has 0 spiro atoms. The zero-order valence-electron chi connectivity index (χ0n) is 12.0. The molecule has 1 aliphatic heterocycles. The first-order valence-electron chi connectivity index (χ1n) is 6.98. The second kappa shape index (κ2) is 5.16. The zero-order chi connectivity index (χ0) is 15.0. The Morgan fingerprint density at radius 1 is 1.43 bits per heavy atom. The van der Waals surface area contributed by atoms with Crippen molar-refractivity contribution in [3.8, 4) is 11.4 Å². The highest BCUT2D eigenvalue weighted by Gasteiger charge is 2.21. The Morgan fingerprint density at radius 3 is 3.00 bits per heavy atom. The molecule has 0 saturated carbocycles. The van der Waals surface area contributed by atoms with E-state index in [1.165, 1.54) is 6.07 Å². The third-order valence-electron chi connectivity index (χ3n) is 3.61. The third kappa shape index (κ3) is 2.35. The smallest absolute Gasteiger partial charge is 0.343 e. The Balaban J connectivity index is 2.14. The normalized spacial score (nSPS) is 12.5. The van der Waals surface area contributed by atoms with Crippen LogP contribution in [0.15, 0.2) is 29.2 Å². The quantitative estimate of drug-likeness (QED) is 0.791. The minimum atomic E-state index is -0.569. The zero-order valence-corrected chi connectivity index (χ0v) is 12.0. The summed E-state index contributed by atoms with van der Waals surface area (Å²) in [6, 6.07) is 5.50. The number of carbonyl (C=O) groups is 1. The van der Waals surface area contributed by atoms with E-state index in [1.54, 1.807) is 13.1 Å². The number of pyridine rings is 2. The topological polar surface area (TPSA) is 61.2 Å². The predicted octanol–water partition coefficient (Wildman–Crippen LogP) is 1.95. The SMILES string of the molecule is CCOC(=O)c1cn2c(cc1=O)-c1nc(C)ccc1CC2. The fourth-order valence-corrected chi connectivity index (χ4v) is 2.58. The highest BCUT2D eigenvalue weighted by atomic mass is 16.5. The average molecular weight is 284 g/mol. The van der Waals surface area contributed by atoms with Gasteiger partial charge in [0.1, 0.15) is 5.56 Å². The van der Waals surface area contributed by atoms with Crippen LogP contribution in [0.3, 0.4) is 0 Å². The second-order valence-corrected chi connectivity index (χ2v) is 5.06. The molecule has 0 atom stereocenters. The molecule has 2 aromatic rings. The maximum Gasteiger partial charge on any atom is 0.343 e. The van der Waals surface area contributed by atoms with Crippen LogP contribution in [0.1, 0.15) is 28.5 Å². The van der Waals surface area contributed by atoms with Crippen LogP contribution < -0.4 is 5.43 Å². The lowest BCUT2D eigenvalue weighted by Gasteiger charge is -2.22. The molecule has 0 fully saturated rings. The summed E-state index contributed by atoms with van der Waals surface area (Å²) in [5, 5.41) is 0. The van der Waals surface area contributed by atoms with Crippen molar-refractivity contribution in [3.63, 3.8) is 0 Å². The summed E-state index contributed by atoms with van der Waals surface area (Å²) in [6.07, 6.45) is 2.42. The minimum absolute atomic E-state index is 0.0803. The number of hydrogen-bond donors (Lipinski definition) is 0. The largest absolute Gasteiger partial charge is 0.462 e. The molecule has 0 N–H and O–H groups in total. The van der Waals surface area contributed by atoms with E-state index < -0.39 is 5.97 Å². The van der Waals surface area contributed by atoms with Crippen molar-refractivity contribution in [2.75, 3.05) is 6.61 Å². The molecular weight excluding hydrogens is 268 g/mol. The van der Waals surface area contributed by atoms with Gasteiger partial charge in [-0.05, 0) is 31.9 Å². The van der Waals surface area contributed by atoms with Crippen LogP contribution in [-0.2, 0) is 17.7 Å². The molecule has 0 radical (unpaired) electrons. The monoisotopic (exact) mass is 284 g/mol. The van der Waals surface area contributed by atoms with E-state index in [0.717, 1.165) is 35.6 Å². The van der Waals surface area contributed by atoms with Gasteiger partial charge in [0.25, 0.3) is 0 Å². The highest BCUT2D eigenvalue weighted by Crippen LogP contribution is 2.26. The number of hydrogen-bond acceptors (Lipinski definition) is 4. The van der Waals surface area contributed by atoms with Crippen LogP contribution in [0, 0.1) is 6.92 Å². The molecule has 0 bridgehead atoms. The fraction of sp³-hybridized carbons (Fsp3) is 0.312. The molecule has 1 aliphatic rings. The van der Waals surface area contributed by atoms with E-state index in [2.05, 4.69) is 4.98 Å². The number of aryl methyl sites for hydroxylation is 3. The lowest BCUT2D eigenvalue weighted by molar-refractivity contribution is 0.0524. The maximum absolute atomic E-state index is 12.2. The highest BCUT2D eigenvalue weighted by molar-refractivity contribution is 5.89. The minimum Gasteiger partial charge on any atom is -0.462 e. The molecule has 21 heavy (non-hydrogen) atoms. The molecule has 0 aliphatic carbocycles. The van der Waals surface area contributed by atoms with E-state index in [4.69, 9.17) is 4.74 Å². The number of fused-ring (bicyclic) bond motifs is 3. The third-order valence-corrected chi connectivity index (χ3v) is 3.61. The number of ether oxygens (including phenoxy) is 1. The van der Waals surface area contributed by atoms with Crippen LogP contribution in [0.5, 0.6) is 0 Å². The fourth-order valence-electron chi connectivity index (χ4n) is 2.58. The number of aromatic nitrogens is 2. The number of rotatable bonds is 2. The summed E-state index contributed by atoms with van der Waals surface area (Å²) in [7, 11) is 0. The van der Waals surface area contributed by atoms with Crippen molar-refractivity contribution < 1.29 is 9.53 Å². The molecule has 5 nitrogen and oxygen atoms in total. The van der Waals surface area contributed by atoms with Gasteiger partial charge in [0, 0.05) is 24.5 Å². The summed E-state index contributed by atoms with van der Waals surface area (Å²) in [6.45, 7) is 4.62. The van der Waals surface area contributed by atoms with Gasteiger partial charge in [-0.2, -0.15) is 0 Å². The number of esters is 1. The van der Waals surface area contributed by atoms with E-state index in [1.807, 2.05) is 23.6 Å². The Hall–Kier alpha value is -2.43. The second-order valence-electron chi connectivity index (χ2n) is 5.06. The van der Waals surface area contributed by atoms with Gasteiger partial charge in [0.05, 0.1) is 18.0 Å². The van der Waals surface area contributed by atoms with Gasteiger partial charge in [0.2, 0.25) is 0 Å². The van der Waals surface area contributed by atoms with Gasteiger partial charge in [-0.1, -0.05) is 6.07 Å².